The number of anilines is 1. The predicted octanol–water partition coefficient (Wildman–Crippen LogP) is 0.788. The number of piperidine rings is 1. The molecule has 0 saturated carbocycles. The highest BCUT2D eigenvalue weighted by atomic mass is 16.5. The number of nitrogens with two attached hydrogens (primary N) is 1. The Labute approximate surface area is 135 Å². The molecule has 0 aromatic heterocycles. The molecule has 1 atom stereocenters. The number of ether oxygens (including phenoxy) is 1. The third kappa shape index (κ3) is 3.10. The minimum absolute atomic E-state index is 0.0368. The van der Waals surface area contributed by atoms with Gasteiger partial charge in [0.25, 0.3) is 5.91 Å². The molecule has 3 N–H and O–H groups in total. The highest BCUT2D eigenvalue weighted by molar-refractivity contribution is 6.00. The van der Waals surface area contributed by atoms with E-state index in [1.165, 1.54) is 0 Å². The summed E-state index contributed by atoms with van der Waals surface area (Å²) >= 11 is 0. The summed E-state index contributed by atoms with van der Waals surface area (Å²) in [5.41, 5.74) is 7.13. The zero-order chi connectivity index (χ0) is 16.4. The van der Waals surface area contributed by atoms with Crippen LogP contribution in [0.15, 0.2) is 18.2 Å². The molecule has 1 aromatic rings. The molecule has 23 heavy (non-hydrogen) atoms. The number of hydrogen-bond donors (Lipinski definition) is 2. The van der Waals surface area contributed by atoms with E-state index in [9.17, 15) is 9.59 Å². The van der Waals surface area contributed by atoms with Crippen molar-refractivity contribution in [2.45, 2.75) is 18.9 Å². The quantitative estimate of drug-likeness (QED) is 0.862. The SMILES string of the molecule is COc1ccc(C(=O)N2CCCC(N)C2)cc1N1CCNC1=O. The van der Waals surface area contributed by atoms with Gasteiger partial charge >= 0.3 is 6.03 Å². The number of urea groups is 1. The van der Waals surface area contributed by atoms with Crippen molar-refractivity contribution < 1.29 is 14.3 Å². The van der Waals surface area contributed by atoms with Gasteiger partial charge < -0.3 is 20.7 Å². The van der Waals surface area contributed by atoms with Gasteiger partial charge in [-0.05, 0) is 31.0 Å². The van der Waals surface area contributed by atoms with Crippen LogP contribution in [0.1, 0.15) is 23.2 Å². The van der Waals surface area contributed by atoms with Crippen LogP contribution in [0.5, 0.6) is 5.75 Å². The summed E-state index contributed by atoms with van der Waals surface area (Å²) in [7, 11) is 1.55. The van der Waals surface area contributed by atoms with Gasteiger partial charge in [0.15, 0.2) is 0 Å². The Morgan fingerprint density at radius 3 is 2.87 bits per heavy atom. The molecule has 0 bridgehead atoms. The van der Waals surface area contributed by atoms with E-state index in [2.05, 4.69) is 5.32 Å². The third-order valence-electron chi connectivity index (χ3n) is 4.32. The van der Waals surface area contributed by atoms with E-state index in [0.29, 0.717) is 36.6 Å². The fourth-order valence-corrected chi connectivity index (χ4v) is 3.11. The van der Waals surface area contributed by atoms with E-state index in [1.54, 1.807) is 35.1 Å². The highest BCUT2D eigenvalue weighted by Gasteiger charge is 2.27. The molecule has 7 nitrogen and oxygen atoms in total. The van der Waals surface area contributed by atoms with Crippen molar-refractivity contribution >= 4 is 17.6 Å². The average molecular weight is 318 g/mol. The van der Waals surface area contributed by atoms with Gasteiger partial charge in [0.1, 0.15) is 5.75 Å². The molecule has 1 aromatic carbocycles. The minimum Gasteiger partial charge on any atom is -0.495 e. The lowest BCUT2D eigenvalue weighted by Crippen LogP contribution is -2.45. The minimum atomic E-state index is -0.173. The van der Waals surface area contributed by atoms with Crippen molar-refractivity contribution in [2.75, 3.05) is 38.2 Å². The number of rotatable bonds is 3. The Kier molecular flexibility index (Phi) is 4.38. The van der Waals surface area contributed by atoms with Crippen LogP contribution in [0.3, 0.4) is 0 Å². The van der Waals surface area contributed by atoms with Gasteiger partial charge in [-0.3, -0.25) is 9.69 Å². The molecule has 2 aliphatic rings. The Hall–Kier alpha value is -2.28. The van der Waals surface area contributed by atoms with E-state index in [0.717, 1.165) is 19.4 Å². The van der Waals surface area contributed by atoms with Crippen molar-refractivity contribution in [3.63, 3.8) is 0 Å². The first kappa shape index (κ1) is 15.6. The molecule has 3 rings (SSSR count). The van der Waals surface area contributed by atoms with E-state index >= 15 is 0 Å². The largest absolute Gasteiger partial charge is 0.495 e. The van der Waals surface area contributed by atoms with Gasteiger partial charge in [0.2, 0.25) is 0 Å². The maximum atomic E-state index is 12.7. The summed E-state index contributed by atoms with van der Waals surface area (Å²) in [6.45, 7) is 2.44. The molecule has 3 amide bonds. The number of nitrogens with zero attached hydrogens (tertiary/aromatic N) is 2. The first-order chi connectivity index (χ1) is 11.1. The van der Waals surface area contributed by atoms with Gasteiger partial charge in [-0.2, -0.15) is 0 Å². The molecule has 0 radical (unpaired) electrons. The second kappa shape index (κ2) is 6.45. The zero-order valence-electron chi connectivity index (χ0n) is 13.2. The standard InChI is InChI=1S/C16H22N4O3/c1-23-14-5-4-11(9-13(14)20-8-6-18-16(20)22)15(21)19-7-2-3-12(17)10-19/h4-5,9,12H,2-3,6-8,10,17H2,1H3,(H,18,22). The number of hydrogen-bond acceptors (Lipinski definition) is 4. The number of carbonyl (C=O) groups excluding carboxylic acids is 2. The van der Waals surface area contributed by atoms with E-state index in [-0.39, 0.29) is 18.0 Å². The summed E-state index contributed by atoms with van der Waals surface area (Å²) in [4.78, 5) is 28.0. The summed E-state index contributed by atoms with van der Waals surface area (Å²) < 4.78 is 5.34. The smallest absolute Gasteiger partial charge is 0.322 e. The fraction of sp³-hybridized carbons (Fsp3) is 0.500. The molecule has 2 aliphatic heterocycles. The van der Waals surface area contributed by atoms with Crippen molar-refractivity contribution in [3.8, 4) is 5.75 Å². The molecule has 7 heteroatoms. The molecular weight excluding hydrogens is 296 g/mol. The van der Waals surface area contributed by atoms with Crippen LogP contribution in [-0.2, 0) is 0 Å². The van der Waals surface area contributed by atoms with Gasteiger partial charge in [-0.15, -0.1) is 0 Å². The van der Waals surface area contributed by atoms with Crippen LogP contribution in [-0.4, -0.2) is 56.2 Å². The number of methoxy groups -OCH3 is 1. The monoisotopic (exact) mass is 318 g/mol. The number of benzene rings is 1. The van der Waals surface area contributed by atoms with Crippen molar-refractivity contribution in [1.29, 1.82) is 0 Å². The maximum Gasteiger partial charge on any atom is 0.322 e. The molecule has 2 saturated heterocycles. The van der Waals surface area contributed by atoms with Crippen molar-refractivity contribution in [1.82, 2.24) is 10.2 Å². The van der Waals surface area contributed by atoms with Crippen LogP contribution in [0, 0.1) is 0 Å². The number of likely N-dealkylation sites (tertiary alicyclic amines) is 1. The number of nitrogens with one attached hydrogen (secondary N) is 1. The highest BCUT2D eigenvalue weighted by Crippen LogP contribution is 2.31. The van der Waals surface area contributed by atoms with E-state index in [4.69, 9.17) is 10.5 Å². The Bertz CT molecular complexity index is 619. The van der Waals surface area contributed by atoms with Crippen LogP contribution >= 0.6 is 0 Å². The number of carbonyl (C=O) groups is 2. The lowest BCUT2D eigenvalue weighted by molar-refractivity contribution is 0.0709. The molecule has 2 fully saturated rings. The van der Waals surface area contributed by atoms with Gasteiger partial charge in [0, 0.05) is 37.8 Å². The maximum absolute atomic E-state index is 12.7. The third-order valence-corrected chi connectivity index (χ3v) is 4.32. The summed E-state index contributed by atoms with van der Waals surface area (Å²) in [5, 5.41) is 2.76. The topological polar surface area (TPSA) is 87.9 Å². The lowest BCUT2D eigenvalue weighted by Gasteiger charge is -2.31. The Morgan fingerprint density at radius 1 is 1.39 bits per heavy atom. The second-order valence-corrected chi connectivity index (χ2v) is 5.92. The van der Waals surface area contributed by atoms with E-state index in [1.807, 2.05) is 0 Å². The lowest BCUT2D eigenvalue weighted by atomic mass is 10.0. The van der Waals surface area contributed by atoms with Crippen LogP contribution < -0.4 is 20.7 Å². The van der Waals surface area contributed by atoms with Crippen LogP contribution in [0.2, 0.25) is 0 Å². The van der Waals surface area contributed by atoms with E-state index < -0.39 is 0 Å². The van der Waals surface area contributed by atoms with Crippen LogP contribution in [0.4, 0.5) is 10.5 Å². The average Bonchev–Trinajstić information content (AvgIpc) is 2.99. The summed E-state index contributed by atoms with van der Waals surface area (Å²) in [6, 6.07) is 5.06. The molecule has 1 unspecified atom stereocenters. The fourth-order valence-electron chi connectivity index (χ4n) is 3.11. The van der Waals surface area contributed by atoms with Gasteiger partial charge in [-0.25, -0.2) is 4.79 Å². The second-order valence-electron chi connectivity index (χ2n) is 5.92. The molecule has 2 heterocycles. The van der Waals surface area contributed by atoms with Crippen molar-refractivity contribution in [2.24, 2.45) is 5.73 Å². The van der Waals surface area contributed by atoms with Crippen molar-refractivity contribution in [3.05, 3.63) is 23.8 Å². The van der Waals surface area contributed by atoms with Crippen LogP contribution in [0.25, 0.3) is 0 Å². The Morgan fingerprint density at radius 2 is 2.22 bits per heavy atom. The molecule has 124 valence electrons. The van der Waals surface area contributed by atoms with Gasteiger partial charge in [-0.1, -0.05) is 0 Å². The molecular formula is C16H22N4O3. The summed E-state index contributed by atoms with van der Waals surface area (Å²) in [6.07, 6.45) is 1.87. The first-order valence-electron chi connectivity index (χ1n) is 7.88. The first-order valence-corrected chi connectivity index (χ1v) is 7.88. The molecule has 0 aliphatic carbocycles. The summed E-state index contributed by atoms with van der Waals surface area (Å²) in [5.74, 6) is 0.526. The molecule has 0 spiro atoms. The van der Waals surface area contributed by atoms with Gasteiger partial charge in [0.05, 0.1) is 12.8 Å². The predicted molar refractivity (Wildman–Crippen MR) is 86.9 cm³/mol. The zero-order valence-corrected chi connectivity index (χ0v) is 13.2. The number of amides is 3. The Balaban J connectivity index is 1.88. The normalized spacial score (nSPS) is 21.3.